The van der Waals surface area contributed by atoms with Crippen LogP contribution in [0.3, 0.4) is 0 Å². The summed E-state index contributed by atoms with van der Waals surface area (Å²) in [5.74, 6) is -0.581. The number of amides is 1. The normalized spacial score (nSPS) is 20.1. The summed E-state index contributed by atoms with van der Waals surface area (Å²) in [6, 6.07) is 4.06. The van der Waals surface area contributed by atoms with Crippen molar-refractivity contribution in [2.24, 2.45) is 5.92 Å². The van der Waals surface area contributed by atoms with Crippen LogP contribution in [0.5, 0.6) is 0 Å². The summed E-state index contributed by atoms with van der Waals surface area (Å²) in [5, 5.41) is 22.5. The number of carbonyl (C=O) groups is 1. The molecule has 0 bridgehead atoms. The Morgan fingerprint density at radius 1 is 1.19 bits per heavy atom. The molecule has 2 aliphatic rings. The molecule has 1 amide bonds. The van der Waals surface area contributed by atoms with Gasteiger partial charge in [-0.05, 0) is 37.8 Å². The molecule has 1 unspecified atom stereocenters. The highest BCUT2D eigenvalue weighted by Crippen LogP contribution is 2.35. The Morgan fingerprint density at radius 3 is 2.66 bits per heavy atom. The summed E-state index contributed by atoms with van der Waals surface area (Å²) in [6.07, 6.45) is 3.88. The second kappa shape index (κ2) is 9.46. The van der Waals surface area contributed by atoms with Crippen molar-refractivity contribution in [1.82, 2.24) is 14.5 Å². The van der Waals surface area contributed by atoms with Gasteiger partial charge in [0, 0.05) is 32.2 Å². The van der Waals surface area contributed by atoms with E-state index in [-0.39, 0.29) is 22.4 Å². The van der Waals surface area contributed by atoms with Crippen LogP contribution in [0.4, 0.5) is 16.5 Å². The molecule has 0 saturated carbocycles. The Hall–Kier alpha value is -2.64. The number of hydrogen-bond acceptors (Lipinski definition) is 9. The molecule has 4 rings (SSSR count). The Labute approximate surface area is 189 Å². The molecule has 13 heteroatoms. The predicted octanol–water partition coefficient (Wildman–Crippen LogP) is 2.48. The topological polar surface area (TPSA) is 139 Å². The number of aromatic nitrogens is 2. The Morgan fingerprint density at radius 2 is 1.97 bits per heavy atom. The van der Waals surface area contributed by atoms with Crippen LogP contribution >= 0.6 is 11.3 Å². The lowest BCUT2D eigenvalue weighted by atomic mass is 9.96. The average molecular weight is 481 g/mol. The number of nitrogens with one attached hydrogen (secondary N) is 1. The smallest absolute Gasteiger partial charge is 0.293 e. The number of nitrogens with zero attached hydrogens (tertiary/aromatic N) is 5. The number of sulfonamides is 1. The van der Waals surface area contributed by atoms with Crippen molar-refractivity contribution in [3.63, 3.8) is 0 Å². The van der Waals surface area contributed by atoms with Crippen LogP contribution in [0.2, 0.25) is 0 Å². The van der Waals surface area contributed by atoms with Crippen molar-refractivity contribution in [1.29, 1.82) is 0 Å². The Balaban J connectivity index is 1.56. The fourth-order valence-electron chi connectivity index (χ4n) is 4.18. The highest BCUT2D eigenvalue weighted by molar-refractivity contribution is 7.89. The zero-order chi connectivity index (χ0) is 22.7. The fraction of sp³-hybridized carbons (Fsp3) is 0.526. The maximum Gasteiger partial charge on any atom is 0.293 e. The van der Waals surface area contributed by atoms with Gasteiger partial charge in [0.2, 0.25) is 21.1 Å². The van der Waals surface area contributed by atoms with Gasteiger partial charge >= 0.3 is 0 Å². The molecule has 1 aromatic heterocycles. The molecular formula is C19H24N6O5S2. The van der Waals surface area contributed by atoms with Gasteiger partial charge in [-0.1, -0.05) is 17.8 Å². The van der Waals surface area contributed by atoms with Gasteiger partial charge in [0.1, 0.15) is 11.2 Å². The third-order valence-electron chi connectivity index (χ3n) is 5.82. The molecule has 2 fully saturated rings. The van der Waals surface area contributed by atoms with Gasteiger partial charge in [0.15, 0.2) is 0 Å². The second-order valence-electron chi connectivity index (χ2n) is 7.89. The van der Waals surface area contributed by atoms with Gasteiger partial charge in [-0.3, -0.25) is 14.9 Å². The molecular weight excluding hydrogens is 456 g/mol. The summed E-state index contributed by atoms with van der Waals surface area (Å²) in [7, 11) is -3.78. The van der Waals surface area contributed by atoms with Gasteiger partial charge in [-0.2, -0.15) is 4.31 Å². The van der Waals surface area contributed by atoms with E-state index >= 15 is 0 Å². The molecule has 11 nitrogen and oxygen atoms in total. The summed E-state index contributed by atoms with van der Waals surface area (Å²) >= 11 is 1.22. The summed E-state index contributed by atoms with van der Waals surface area (Å²) in [5.41, 5.74) is 1.57. The fourth-order valence-corrected chi connectivity index (χ4v) is 6.16. The standard InChI is InChI=1S/C19H24N6O5S2/c26-18(21-19-22-20-13-31-19)14-5-4-8-23(12-14)16-7-6-15(11-17(16)25(27)28)32(29,30)24-9-2-1-3-10-24/h6-7,11,13-14H,1-5,8-10,12H2,(H,21,22,26). The molecule has 0 aliphatic carbocycles. The van der Waals surface area contributed by atoms with Crippen molar-refractivity contribution in [2.45, 2.75) is 37.0 Å². The van der Waals surface area contributed by atoms with Crippen LogP contribution in [-0.4, -0.2) is 59.9 Å². The van der Waals surface area contributed by atoms with E-state index in [2.05, 4.69) is 15.5 Å². The minimum absolute atomic E-state index is 0.0718. The molecule has 1 N–H and O–H groups in total. The van der Waals surface area contributed by atoms with Crippen molar-refractivity contribution < 1.29 is 18.1 Å². The van der Waals surface area contributed by atoms with E-state index in [4.69, 9.17) is 0 Å². The molecule has 1 atom stereocenters. The zero-order valence-electron chi connectivity index (χ0n) is 17.3. The second-order valence-corrected chi connectivity index (χ2v) is 10.7. The molecule has 2 aliphatic heterocycles. The van der Waals surface area contributed by atoms with E-state index in [1.165, 1.54) is 33.3 Å². The number of carbonyl (C=O) groups excluding carboxylic acids is 1. The average Bonchev–Trinajstić information content (AvgIpc) is 3.32. The van der Waals surface area contributed by atoms with Gasteiger partial charge in [-0.15, -0.1) is 10.2 Å². The minimum atomic E-state index is -3.78. The number of nitro benzene ring substituents is 1. The number of nitro groups is 1. The maximum absolute atomic E-state index is 13.0. The summed E-state index contributed by atoms with van der Waals surface area (Å²) in [6.45, 7) is 1.69. The summed E-state index contributed by atoms with van der Waals surface area (Å²) in [4.78, 5) is 25.6. The van der Waals surface area contributed by atoms with Crippen molar-refractivity contribution in [3.05, 3.63) is 33.8 Å². The highest BCUT2D eigenvalue weighted by atomic mass is 32.2. The quantitative estimate of drug-likeness (QED) is 0.491. The molecule has 2 aromatic rings. The number of rotatable bonds is 6. The van der Waals surface area contributed by atoms with E-state index < -0.39 is 14.9 Å². The van der Waals surface area contributed by atoms with Crippen molar-refractivity contribution >= 4 is 43.8 Å². The largest absolute Gasteiger partial charge is 0.365 e. The van der Waals surface area contributed by atoms with Gasteiger partial charge in [-0.25, -0.2) is 8.42 Å². The van der Waals surface area contributed by atoms with Crippen LogP contribution in [-0.2, 0) is 14.8 Å². The SMILES string of the molecule is O=C(Nc1nncs1)C1CCCN(c2ccc(S(=O)(=O)N3CCCCC3)cc2[N+](=O)[O-])C1. The maximum atomic E-state index is 13.0. The molecule has 32 heavy (non-hydrogen) atoms. The first kappa shape index (κ1) is 22.6. The molecule has 172 valence electrons. The first-order valence-electron chi connectivity index (χ1n) is 10.5. The minimum Gasteiger partial charge on any atom is -0.365 e. The highest BCUT2D eigenvalue weighted by Gasteiger charge is 2.32. The van der Waals surface area contributed by atoms with E-state index in [1.54, 1.807) is 4.90 Å². The molecule has 0 radical (unpaired) electrons. The lowest BCUT2D eigenvalue weighted by Gasteiger charge is -2.33. The predicted molar refractivity (Wildman–Crippen MR) is 119 cm³/mol. The van der Waals surface area contributed by atoms with Crippen LogP contribution in [0.1, 0.15) is 32.1 Å². The van der Waals surface area contributed by atoms with Gasteiger partial charge in [0.25, 0.3) is 5.69 Å². The number of anilines is 2. The third kappa shape index (κ3) is 4.74. The van der Waals surface area contributed by atoms with Crippen LogP contribution < -0.4 is 10.2 Å². The third-order valence-corrected chi connectivity index (χ3v) is 8.32. The monoisotopic (exact) mass is 480 g/mol. The first-order chi connectivity index (χ1) is 15.4. The molecule has 3 heterocycles. The Bertz CT molecular complexity index is 1090. The molecule has 2 saturated heterocycles. The number of piperidine rings is 2. The van der Waals surface area contributed by atoms with Crippen molar-refractivity contribution in [3.8, 4) is 0 Å². The summed E-state index contributed by atoms with van der Waals surface area (Å²) < 4.78 is 27.3. The van der Waals surface area contributed by atoms with E-state index in [1.807, 2.05) is 0 Å². The zero-order valence-corrected chi connectivity index (χ0v) is 19.0. The molecule has 0 spiro atoms. The Kier molecular flexibility index (Phi) is 6.67. The van der Waals surface area contributed by atoms with Gasteiger partial charge in [0.05, 0.1) is 15.7 Å². The molecule has 1 aromatic carbocycles. The lowest BCUT2D eigenvalue weighted by Crippen LogP contribution is -2.41. The van der Waals surface area contributed by atoms with Crippen LogP contribution in [0.25, 0.3) is 0 Å². The van der Waals surface area contributed by atoms with Crippen LogP contribution in [0, 0.1) is 16.0 Å². The number of hydrogen-bond donors (Lipinski definition) is 1. The van der Waals surface area contributed by atoms with E-state index in [0.29, 0.717) is 49.8 Å². The van der Waals surface area contributed by atoms with E-state index in [9.17, 15) is 23.3 Å². The van der Waals surface area contributed by atoms with E-state index in [0.717, 1.165) is 25.3 Å². The first-order valence-corrected chi connectivity index (χ1v) is 12.8. The lowest BCUT2D eigenvalue weighted by molar-refractivity contribution is -0.384. The van der Waals surface area contributed by atoms with Gasteiger partial charge < -0.3 is 10.2 Å². The van der Waals surface area contributed by atoms with Crippen LogP contribution in [0.15, 0.2) is 28.6 Å². The number of benzene rings is 1. The van der Waals surface area contributed by atoms with Crippen molar-refractivity contribution in [2.75, 3.05) is 36.4 Å².